The van der Waals surface area contributed by atoms with Gasteiger partial charge in [0.05, 0.1) is 12.8 Å². The fourth-order valence-corrected chi connectivity index (χ4v) is 3.93. The lowest BCUT2D eigenvalue weighted by molar-refractivity contribution is -0.140. The molecular weight excluding hydrogens is 350 g/mol. The van der Waals surface area contributed by atoms with Crippen LogP contribution < -0.4 is 5.32 Å². The summed E-state index contributed by atoms with van der Waals surface area (Å²) in [5.74, 6) is -0.0830. The van der Waals surface area contributed by atoms with Crippen molar-refractivity contribution in [1.29, 1.82) is 0 Å². The van der Waals surface area contributed by atoms with Crippen LogP contribution in [0.25, 0.3) is 11.4 Å². The van der Waals surface area contributed by atoms with E-state index < -0.39 is 0 Å². The first-order valence-corrected chi connectivity index (χ1v) is 9.65. The Morgan fingerprint density at radius 1 is 1.19 bits per heavy atom. The number of Topliss-reactive ketones (excluding diaryl/α,β-unsaturated/α-hetero) is 1. The van der Waals surface area contributed by atoms with Crippen LogP contribution in [0.3, 0.4) is 0 Å². The molecule has 2 N–H and O–H groups in total. The summed E-state index contributed by atoms with van der Waals surface area (Å²) < 4.78 is 4.63. The van der Waals surface area contributed by atoms with Crippen LogP contribution in [0.2, 0.25) is 0 Å². The van der Waals surface area contributed by atoms with Gasteiger partial charge >= 0.3 is 5.97 Å². The Balaban J connectivity index is 1.96. The van der Waals surface area contributed by atoms with Gasteiger partial charge in [-0.1, -0.05) is 6.42 Å². The predicted molar refractivity (Wildman–Crippen MR) is 105 cm³/mol. The number of thiazole rings is 1. The first kappa shape index (κ1) is 20.2. The number of ketones is 1. The Kier molecular flexibility index (Phi) is 6.97. The van der Waals surface area contributed by atoms with Crippen molar-refractivity contribution in [2.75, 3.05) is 19.0 Å². The molecule has 0 aromatic carbocycles. The van der Waals surface area contributed by atoms with Crippen LogP contribution in [-0.2, 0) is 9.53 Å². The second-order valence-corrected chi connectivity index (χ2v) is 7.62. The minimum absolute atomic E-state index is 0.0701. The van der Waals surface area contributed by atoms with E-state index in [1.54, 1.807) is 18.3 Å². The van der Waals surface area contributed by atoms with Crippen molar-refractivity contribution < 1.29 is 14.3 Å². The van der Waals surface area contributed by atoms with Crippen molar-refractivity contribution >= 4 is 28.2 Å². The van der Waals surface area contributed by atoms with E-state index in [0.29, 0.717) is 6.42 Å². The van der Waals surface area contributed by atoms with Crippen LogP contribution in [0, 0.1) is 20.8 Å². The number of carbonyl (C=O) groups is 2. The van der Waals surface area contributed by atoms with Gasteiger partial charge in [-0.05, 0) is 46.1 Å². The van der Waals surface area contributed by atoms with Gasteiger partial charge in [0.15, 0.2) is 10.9 Å². The number of anilines is 1. The van der Waals surface area contributed by atoms with Gasteiger partial charge in [-0.2, -0.15) is 0 Å². The number of methoxy groups -OCH3 is 1. The number of hydrogen-bond acceptors (Lipinski definition) is 6. The fraction of sp³-hybridized carbons (Fsp3) is 0.526. The highest BCUT2D eigenvalue weighted by molar-refractivity contribution is 7.16. The first-order chi connectivity index (χ1) is 12.3. The van der Waals surface area contributed by atoms with Crippen LogP contribution in [0.15, 0.2) is 0 Å². The van der Waals surface area contributed by atoms with E-state index in [1.165, 1.54) is 7.11 Å². The van der Waals surface area contributed by atoms with E-state index >= 15 is 0 Å². The third kappa shape index (κ3) is 4.72. The van der Waals surface area contributed by atoms with E-state index in [-0.39, 0.29) is 11.8 Å². The molecule has 0 unspecified atom stereocenters. The lowest BCUT2D eigenvalue weighted by Crippen LogP contribution is -2.03. The molecule has 0 aliphatic carbocycles. The van der Waals surface area contributed by atoms with Crippen LogP contribution in [0.1, 0.15) is 59.1 Å². The monoisotopic (exact) mass is 377 g/mol. The number of hydrogen-bond donors (Lipinski definition) is 2. The maximum absolute atomic E-state index is 11.8. The molecule has 2 heterocycles. The number of esters is 1. The van der Waals surface area contributed by atoms with Gasteiger partial charge in [-0.25, -0.2) is 4.98 Å². The number of carbonyl (C=O) groups excluding carboxylic acids is 2. The third-order valence-electron chi connectivity index (χ3n) is 4.38. The molecule has 2 aromatic rings. The molecule has 6 nitrogen and oxygen atoms in total. The second-order valence-electron chi connectivity index (χ2n) is 6.42. The zero-order valence-electron chi connectivity index (χ0n) is 16.1. The Morgan fingerprint density at radius 2 is 1.92 bits per heavy atom. The van der Waals surface area contributed by atoms with Crippen LogP contribution in [0.5, 0.6) is 0 Å². The van der Waals surface area contributed by atoms with E-state index in [1.807, 2.05) is 20.8 Å². The minimum atomic E-state index is -0.153. The summed E-state index contributed by atoms with van der Waals surface area (Å²) >= 11 is 1.61. The largest absolute Gasteiger partial charge is 0.469 e. The molecule has 0 bridgehead atoms. The number of H-pyrrole nitrogens is 1. The van der Waals surface area contributed by atoms with E-state index in [9.17, 15) is 9.59 Å². The molecule has 26 heavy (non-hydrogen) atoms. The normalized spacial score (nSPS) is 10.8. The van der Waals surface area contributed by atoms with Gasteiger partial charge in [0.2, 0.25) is 0 Å². The topological polar surface area (TPSA) is 84.1 Å². The summed E-state index contributed by atoms with van der Waals surface area (Å²) in [5, 5.41) is 4.23. The molecule has 0 saturated carbocycles. The number of aromatic amines is 1. The summed E-state index contributed by atoms with van der Waals surface area (Å²) in [7, 11) is 1.42. The highest BCUT2D eigenvalue weighted by atomic mass is 32.1. The second kappa shape index (κ2) is 8.98. The van der Waals surface area contributed by atoms with Crippen molar-refractivity contribution in [3.63, 3.8) is 0 Å². The number of rotatable bonds is 9. The smallest absolute Gasteiger partial charge is 0.305 e. The average Bonchev–Trinajstić information content (AvgIpc) is 3.09. The lowest BCUT2D eigenvalue weighted by atomic mass is 10.1. The van der Waals surface area contributed by atoms with Crippen LogP contribution in [-0.4, -0.2) is 35.4 Å². The van der Waals surface area contributed by atoms with Gasteiger partial charge in [0.25, 0.3) is 0 Å². The maximum Gasteiger partial charge on any atom is 0.305 e. The SMILES string of the molecule is COC(=O)CCCCCNc1nc(-c2[nH]c(C)c(C(C)=O)c2C)c(C)s1. The number of aryl methyl sites for hydroxylation is 2. The molecule has 142 valence electrons. The molecule has 0 aliphatic heterocycles. The van der Waals surface area contributed by atoms with Crippen molar-refractivity contribution in [2.45, 2.75) is 53.4 Å². The molecule has 0 radical (unpaired) electrons. The van der Waals surface area contributed by atoms with Crippen LogP contribution in [0.4, 0.5) is 5.13 Å². The fourth-order valence-electron chi connectivity index (χ4n) is 3.09. The summed E-state index contributed by atoms with van der Waals surface area (Å²) in [5.41, 5.74) is 4.42. The molecule has 0 aliphatic rings. The van der Waals surface area contributed by atoms with Crippen molar-refractivity contribution in [1.82, 2.24) is 9.97 Å². The molecule has 7 heteroatoms. The van der Waals surface area contributed by atoms with Crippen molar-refractivity contribution in [2.24, 2.45) is 0 Å². The maximum atomic E-state index is 11.8. The molecule has 2 aromatic heterocycles. The minimum Gasteiger partial charge on any atom is -0.469 e. The van der Waals surface area contributed by atoms with Gasteiger partial charge in [0, 0.05) is 29.1 Å². The molecule has 0 amide bonds. The van der Waals surface area contributed by atoms with E-state index in [4.69, 9.17) is 4.98 Å². The van der Waals surface area contributed by atoms with E-state index in [0.717, 1.165) is 64.0 Å². The van der Waals surface area contributed by atoms with Crippen LogP contribution >= 0.6 is 11.3 Å². The predicted octanol–water partition coefficient (Wildman–Crippen LogP) is 4.41. The van der Waals surface area contributed by atoms with Crippen molar-refractivity contribution in [3.8, 4) is 11.4 Å². The van der Waals surface area contributed by atoms with Gasteiger partial charge in [-0.15, -0.1) is 11.3 Å². The number of unbranched alkanes of at least 4 members (excludes halogenated alkanes) is 2. The summed E-state index contributed by atoms with van der Waals surface area (Å²) in [6, 6.07) is 0. The average molecular weight is 378 g/mol. The van der Waals surface area contributed by atoms with Gasteiger partial charge in [0.1, 0.15) is 5.69 Å². The number of nitrogens with one attached hydrogen (secondary N) is 2. The lowest BCUT2D eigenvalue weighted by Gasteiger charge is -2.02. The Bertz CT molecular complexity index is 792. The summed E-state index contributed by atoms with van der Waals surface area (Å²) in [4.78, 5) is 32.0. The molecular formula is C19H27N3O3S. The highest BCUT2D eigenvalue weighted by Gasteiger charge is 2.19. The highest BCUT2D eigenvalue weighted by Crippen LogP contribution is 2.34. The molecule has 2 rings (SSSR count). The number of nitrogens with zero attached hydrogens (tertiary/aromatic N) is 1. The Morgan fingerprint density at radius 3 is 2.54 bits per heavy atom. The first-order valence-electron chi connectivity index (χ1n) is 8.83. The van der Waals surface area contributed by atoms with E-state index in [2.05, 4.69) is 15.0 Å². The molecule has 0 fully saturated rings. The quantitative estimate of drug-likeness (QED) is 0.384. The number of ether oxygens (including phenoxy) is 1. The van der Waals surface area contributed by atoms with Gasteiger partial charge in [-0.3, -0.25) is 9.59 Å². The Labute approximate surface area is 158 Å². The Hall–Kier alpha value is -2.15. The summed E-state index contributed by atoms with van der Waals surface area (Å²) in [6.07, 6.45) is 3.25. The zero-order chi connectivity index (χ0) is 19.3. The number of aromatic nitrogens is 2. The molecule has 0 saturated heterocycles. The van der Waals surface area contributed by atoms with Gasteiger partial charge < -0.3 is 15.0 Å². The summed E-state index contributed by atoms with van der Waals surface area (Å²) in [6.45, 7) is 8.33. The molecule has 0 spiro atoms. The third-order valence-corrected chi connectivity index (χ3v) is 5.31. The zero-order valence-corrected chi connectivity index (χ0v) is 16.9. The molecule has 0 atom stereocenters. The van der Waals surface area contributed by atoms with Crippen molar-refractivity contribution in [3.05, 3.63) is 21.7 Å². The standard InChI is InChI=1S/C19H27N3O3S/c1-11-16(13(3)23)12(2)21-17(11)18-14(4)26-19(22-18)20-10-8-6-7-9-15(24)25-5/h21H,6-10H2,1-5H3,(H,20,22).